The molecule has 7 heteroatoms. The molecule has 0 radical (unpaired) electrons. The quantitative estimate of drug-likeness (QED) is 0.819. The fraction of sp³-hybridized carbons (Fsp3) is 0.286. The smallest absolute Gasteiger partial charge is 0.252 e. The lowest BCUT2D eigenvalue weighted by Gasteiger charge is -2.14. The molecule has 6 nitrogen and oxygen atoms in total. The largest absolute Gasteiger partial charge is 0.497 e. The summed E-state index contributed by atoms with van der Waals surface area (Å²) >= 11 is 5.20. The van der Waals surface area contributed by atoms with E-state index in [2.05, 4.69) is 4.98 Å². The van der Waals surface area contributed by atoms with Crippen molar-refractivity contribution in [3.8, 4) is 22.8 Å². The SMILES string of the molecule is COc1cc(OC)cc(-c2cc(=O)[nH]c(=S)n2CCN)c1. The highest BCUT2D eigenvalue weighted by molar-refractivity contribution is 7.71. The Morgan fingerprint density at radius 3 is 2.33 bits per heavy atom. The van der Waals surface area contributed by atoms with Crippen LogP contribution in [0.4, 0.5) is 0 Å². The predicted molar refractivity (Wildman–Crippen MR) is 83.5 cm³/mol. The van der Waals surface area contributed by atoms with Crippen molar-refractivity contribution in [2.24, 2.45) is 5.73 Å². The van der Waals surface area contributed by atoms with Crippen molar-refractivity contribution in [1.29, 1.82) is 0 Å². The molecule has 0 aliphatic carbocycles. The molecule has 1 aromatic carbocycles. The molecule has 112 valence electrons. The Bertz CT molecular complexity index is 730. The van der Waals surface area contributed by atoms with Gasteiger partial charge in [0.1, 0.15) is 11.5 Å². The molecule has 0 atom stereocenters. The number of nitrogens with two attached hydrogens (primary N) is 1. The number of aromatic amines is 1. The summed E-state index contributed by atoms with van der Waals surface area (Å²) in [6, 6.07) is 6.89. The van der Waals surface area contributed by atoms with Crippen LogP contribution < -0.4 is 20.8 Å². The third kappa shape index (κ3) is 3.32. The Labute approximate surface area is 127 Å². The summed E-state index contributed by atoms with van der Waals surface area (Å²) in [4.78, 5) is 14.3. The van der Waals surface area contributed by atoms with Gasteiger partial charge in [0, 0.05) is 30.8 Å². The van der Waals surface area contributed by atoms with E-state index in [-0.39, 0.29) is 5.56 Å². The Balaban J connectivity index is 2.70. The number of aromatic nitrogens is 2. The number of rotatable bonds is 5. The molecule has 0 aliphatic heterocycles. The van der Waals surface area contributed by atoms with Crippen molar-refractivity contribution in [2.75, 3.05) is 20.8 Å². The lowest BCUT2D eigenvalue weighted by molar-refractivity contribution is 0.394. The second-order valence-corrected chi connectivity index (χ2v) is 4.75. The molecule has 1 heterocycles. The van der Waals surface area contributed by atoms with Crippen molar-refractivity contribution in [2.45, 2.75) is 6.54 Å². The van der Waals surface area contributed by atoms with Gasteiger partial charge in [-0.05, 0) is 24.4 Å². The van der Waals surface area contributed by atoms with Gasteiger partial charge in [-0.2, -0.15) is 0 Å². The van der Waals surface area contributed by atoms with Gasteiger partial charge in [-0.1, -0.05) is 0 Å². The first-order valence-electron chi connectivity index (χ1n) is 6.36. The summed E-state index contributed by atoms with van der Waals surface area (Å²) in [6.07, 6.45) is 0. The van der Waals surface area contributed by atoms with Gasteiger partial charge in [0.15, 0.2) is 4.77 Å². The second-order valence-electron chi connectivity index (χ2n) is 4.37. The van der Waals surface area contributed by atoms with Crippen molar-refractivity contribution in [3.05, 3.63) is 39.4 Å². The number of nitrogens with zero attached hydrogens (tertiary/aromatic N) is 1. The van der Waals surface area contributed by atoms with E-state index < -0.39 is 0 Å². The van der Waals surface area contributed by atoms with Gasteiger partial charge >= 0.3 is 0 Å². The van der Waals surface area contributed by atoms with Gasteiger partial charge in [0.25, 0.3) is 5.56 Å². The zero-order valence-corrected chi connectivity index (χ0v) is 12.7. The first-order valence-corrected chi connectivity index (χ1v) is 6.77. The van der Waals surface area contributed by atoms with Crippen molar-refractivity contribution >= 4 is 12.2 Å². The van der Waals surface area contributed by atoms with E-state index in [1.807, 2.05) is 12.1 Å². The summed E-state index contributed by atoms with van der Waals surface area (Å²) in [5.41, 5.74) is 6.81. The zero-order valence-electron chi connectivity index (χ0n) is 11.9. The predicted octanol–water partition coefficient (Wildman–Crippen LogP) is 1.55. The number of nitrogens with one attached hydrogen (secondary N) is 1. The molecule has 21 heavy (non-hydrogen) atoms. The minimum atomic E-state index is -0.259. The van der Waals surface area contributed by atoms with Crippen LogP contribution in [0.3, 0.4) is 0 Å². The van der Waals surface area contributed by atoms with Crippen molar-refractivity contribution < 1.29 is 9.47 Å². The summed E-state index contributed by atoms with van der Waals surface area (Å²) in [6.45, 7) is 0.916. The molecule has 1 aromatic heterocycles. The third-order valence-corrected chi connectivity index (χ3v) is 3.36. The van der Waals surface area contributed by atoms with E-state index in [0.29, 0.717) is 35.1 Å². The van der Waals surface area contributed by atoms with E-state index in [1.165, 1.54) is 6.07 Å². The molecule has 0 unspecified atom stereocenters. The van der Waals surface area contributed by atoms with Crippen LogP contribution in [0.5, 0.6) is 11.5 Å². The van der Waals surface area contributed by atoms with Crippen LogP contribution in [-0.4, -0.2) is 30.3 Å². The number of methoxy groups -OCH3 is 2. The van der Waals surface area contributed by atoms with E-state index >= 15 is 0 Å². The molecule has 2 aromatic rings. The zero-order chi connectivity index (χ0) is 15.4. The number of H-pyrrole nitrogens is 1. The molecule has 0 fully saturated rings. The Morgan fingerprint density at radius 2 is 1.81 bits per heavy atom. The molecular formula is C14H17N3O3S. The van der Waals surface area contributed by atoms with Gasteiger partial charge in [0.2, 0.25) is 0 Å². The fourth-order valence-corrected chi connectivity index (χ4v) is 2.36. The Kier molecular flexibility index (Phi) is 4.77. The number of ether oxygens (including phenoxy) is 2. The maximum atomic E-state index is 11.7. The lowest BCUT2D eigenvalue weighted by atomic mass is 10.1. The van der Waals surface area contributed by atoms with Gasteiger partial charge in [0.05, 0.1) is 19.9 Å². The molecule has 0 amide bonds. The van der Waals surface area contributed by atoms with Crippen LogP contribution in [0.1, 0.15) is 0 Å². The molecule has 0 saturated heterocycles. The van der Waals surface area contributed by atoms with Crippen molar-refractivity contribution in [3.63, 3.8) is 0 Å². The van der Waals surface area contributed by atoms with Crippen LogP contribution in [0.2, 0.25) is 0 Å². The molecule has 0 spiro atoms. The summed E-state index contributed by atoms with van der Waals surface area (Å²) in [7, 11) is 3.14. The standard InChI is InChI=1S/C14H17N3O3S/c1-19-10-5-9(6-11(7-10)20-2)12-8-13(18)16-14(21)17(12)4-3-15/h5-8H,3-4,15H2,1-2H3,(H,16,18,21). The lowest BCUT2D eigenvalue weighted by Crippen LogP contribution is -2.18. The van der Waals surface area contributed by atoms with E-state index in [1.54, 1.807) is 24.9 Å². The summed E-state index contributed by atoms with van der Waals surface area (Å²) in [5, 5.41) is 0. The highest BCUT2D eigenvalue weighted by atomic mass is 32.1. The number of benzene rings is 1. The second kappa shape index (κ2) is 6.55. The minimum Gasteiger partial charge on any atom is -0.497 e. The third-order valence-electron chi connectivity index (χ3n) is 3.03. The Hall–Kier alpha value is -2.12. The molecule has 2 rings (SSSR count). The first kappa shape index (κ1) is 15.3. The van der Waals surface area contributed by atoms with E-state index in [9.17, 15) is 4.79 Å². The molecule has 0 aliphatic rings. The maximum Gasteiger partial charge on any atom is 0.252 e. The maximum absolute atomic E-state index is 11.7. The topological polar surface area (TPSA) is 82.3 Å². The summed E-state index contributed by atoms with van der Waals surface area (Å²) in [5.74, 6) is 1.27. The fourth-order valence-electron chi connectivity index (χ4n) is 2.07. The van der Waals surface area contributed by atoms with E-state index in [0.717, 1.165) is 5.56 Å². The van der Waals surface area contributed by atoms with Gasteiger partial charge in [-0.25, -0.2) is 0 Å². The Morgan fingerprint density at radius 1 is 1.19 bits per heavy atom. The average Bonchev–Trinajstić information content (AvgIpc) is 2.49. The first-order chi connectivity index (χ1) is 10.1. The highest BCUT2D eigenvalue weighted by Gasteiger charge is 2.10. The summed E-state index contributed by atoms with van der Waals surface area (Å²) < 4.78 is 12.6. The van der Waals surface area contributed by atoms with Gasteiger partial charge in [-0.3, -0.25) is 9.78 Å². The van der Waals surface area contributed by atoms with Crippen LogP contribution in [-0.2, 0) is 6.54 Å². The van der Waals surface area contributed by atoms with Gasteiger partial charge in [-0.15, -0.1) is 0 Å². The minimum absolute atomic E-state index is 0.259. The molecule has 0 saturated carbocycles. The molecule has 0 bridgehead atoms. The van der Waals surface area contributed by atoms with Crippen LogP contribution >= 0.6 is 12.2 Å². The highest BCUT2D eigenvalue weighted by Crippen LogP contribution is 2.29. The normalized spacial score (nSPS) is 10.4. The number of hydrogen-bond donors (Lipinski definition) is 2. The van der Waals surface area contributed by atoms with Crippen molar-refractivity contribution in [1.82, 2.24) is 9.55 Å². The van der Waals surface area contributed by atoms with Crippen LogP contribution in [0, 0.1) is 4.77 Å². The van der Waals surface area contributed by atoms with Gasteiger partial charge < -0.3 is 19.8 Å². The van der Waals surface area contributed by atoms with Crippen LogP contribution in [0.15, 0.2) is 29.1 Å². The number of hydrogen-bond acceptors (Lipinski definition) is 5. The monoisotopic (exact) mass is 307 g/mol. The molecule has 3 N–H and O–H groups in total. The van der Waals surface area contributed by atoms with E-state index in [4.69, 9.17) is 27.4 Å². The average molecular weight is 307 g/mol. The molecular weight excluding hydrogens is 290 g/mol. The van der Waals surface area contributed by atoms with Crippen LogP contribution in [0.25, 0.3) is 11.3 Å².